The van der Waals surface area contributed by atoms with E-state index in [4.69, 9.17) is 14.2 Å². The SMILES string of the molecule is COc1cccc(/C=C2\Oc3c(ccc(OCc4ccccc4)c3C)C2=O)c1. The summed E-state index contributed by atoms with van der Waals surface area (Å²) >= 11 is 0. The molecule has 0 aliphatic carbocycles. The van der Waals surface area contributed by atoms with Gasteiger partial charge in [-0.15, -0.1) is 0 Å². The molecule has 0 radical (unpaired) electrons. The van der Waals surface area contributed by atoms with Gasteiger partial charge in [0.05, 0.1) is 12.7 Å². The molecule has 1 heterocycles. The van der Waals surface area contributed by atoms with Crippen molar-refractivity contribution in [1.29, 1.82) is 0 Å². The first-order valence-corrected chi connectivity index (χ1v) is 9.04. The van der Waals surface area contributed by atoms with E-state index in [1.165, 1.54) is 0 Å². The summed E-state index contributed by atoms with van der Waals surface area (Å²) in [7, 11) is 1.61. The van der Waals surface area contributed by atoms with Crippen molar-refractivity contribution in [3.63, 3.8) is 0 Å². The molecule has 4 nitrogen and oxygen atoms in total. The fourth-order valence-corrected chi connectivity index (χ4v) is 3.14. The Morgan fingerprint density at radius 2 is 1.82 bits per heavy atom. The molecule has 0 bridgehead atoms. The molecule has 3 aromatic rings. The van der Waals surface area contributed by atoms with Crippen LogP contribution in [0.3, 0.4) is 0 Å². The average molecular weight is 372 g/mol. The minimum atomic E-state index is -0.129. The van der Waals surface area contributed by atoms with E-state index in [0.717, 1.165) is 22.4 Å². The third-order valence-corrected chi connectivity index (χ3v) is 4.67. The second-order valence-electron chi connectivity index (χ2n) is 6.56. The standard InChI is InChI=1S/C24H20O4/c1-16-21(27-15-17-7-4-3-5-8-17)12-11-20-23(25)22(28-24(16)20)14-18-9-6-10-19(13-18)26-2/h3-14H,15H2,1-2H3/b22-14-. The van der Waals surface area contributed by atoms with Crippen LogP contribution in [0.15, 0.2) is 72.5 Å². The van der Waals surface area contributed by atoms with Crippen LogP contribution in [0.25, 0.3) is 6.08 Å². The first-order valence-electron chi connectivity index (χ1n) is 9.04. The molecular formula is C24H20O4. The summed E-state index contributed by atoms with van der Waals surface area (Å²) in [4.78, 5) is 12.7. The fourth-order valence-electron chi connectivity index (χ4n) is 3.14. The van der Waals surface area contributed by atoms with E-state index in [-0.39, 0.29) is 5.78 Å². The van der Waals surface area contributed by atoms with Crippen molar-refractivity contribution in [2.75, 3.05) is 7.11 Å². The molecular weight excluding hydrogens is 352 g/mol. The van der Waals surface area contributed by atoms with Crippen molar-refractivity contribution in [3.8, 4) is 17.2 Å². The molecule has 0 amide bonds. The lowest BCUT2D eigenvalue weighted by Crippen LogP contribution is -1.98. The van der Waals surface area contributed by atoms with Gasteiger partial charge in [-0.2, -0.15) is 0 Å². The number of carbonyl (C=O) groups is 1. The Morgan fingerprint density at radius 3 is 2.61 bits per heavy atom. The summed E-state index contributed by atoms with van der Waals surface area (Å²) in [5.74, 6) is 2.16. The number of hydrogen-bond donors (Lipinski definition) is 0. The van der Waals surface area contributed by atoms with Crippen LogP contribution in [0.4, 0.5) is 0 Å². The van der Waals surface area contributed by atoms with Crippen LogP contribution in [0, 0.1) is 6.92 Å². The van der Waals surface area contributed by atoms with Crippen molar-refractivity contribution in [1.82, 2.24) is 0 Å². The zero-order valence-corrected chi connectivity index (χ0v) is 15.8. The highest BCUT2D eigenvalue weighted by atomic mass is 16.5. The number of allylic oxidation sites excluding steroid dienone is 1. The Labute approximate surface area is 164 Å². The van der Waals surface area contributed by atoms with E-state index in [2.05, 4.69) is 0 Å². The molecule has 0 aromatic heterocycles. The highest BCUT2D eigenvalue weighted by Crippen LogP contribution is 2.39. The minimum Gasteiger partial charge on any atom is -0.497 e. The molecule has 0 saturated heterocycles. The summed E-state index contributed by atoms with van der Waals surface area (Å²) in [5.41, 5.74) is 3.29. The van der Waals surface area contributed by atoms with E-state index in [9.17, 15) is 4.79 Å². The molecule has 1 aliphatic heterocycles. The van der Waals surface area contributed by atoms with Crippen LogP contribution in [-0.2, 0) is 6.61 Å². The minimum absolute atomic E-state index is 0.129. The molecule has 4 rings (SSSR count). The van der Waals surface area contributed by atoms with Crippen molar-refractivity contribution in [2.45, 2.75) is 13.5 Å². The van der Waals surface area contributed by atoms with Gasteiger partial charge >= 0.3 is 0 Å². The Balaban J connectivity index is 1.58. The molecule has 3 aromatic carbocycles. The van der Waals surface area contributed by atoms with Crippen molar-refractivity contribution in [3.05, 3.63) is 94.7 Å². The highest BCUT2D eigenvalue weighted by Gasteiger charge is 2.30. The second kappa shape index (κ2) is 7.61. The van der Waals surface area contributed by atoms with Gasteiger partial charge in [-0.1, -0.05) is 42.5 Å². The Kier molecular flexibility index (Phi) is 4.85. The van der Waals surface area contributed by atoms with Crippen LogP contribution in [0.2, 0.25) is 0 Å². The summed E-state index contributed by atoms with van der Waals surface area (Å²) in [5, 5.41) is 0. The number of benzene rings is 3. The third-order valence-electron chi connectivity index (χ3n) is 4.67. The molecule has 0 N–H and O–H groups in total. The number of ketones is 1. The van der Waals surface area contributed by atoms with E-state index >= 15 is 0 Å². The first kappa shape index (κ1) is 17.9. The molecule has 0 atom stereocenters. The number of hydrogen-bond acceptors (Lipinski definition) is 4. The number of ether oxygens (including phenoxy) is 3. The van der Waals surface area contributed by atoms with E-state index in [1.54, 1.807) is 19.3 Å². The normalized spacial score (nSPS) is 13.9. The molecule has 0 fully saturated rings. The van der Waals surface area contributed by atoms with Gasteiger partial charge in [-0.3, -0.25) is 4.79 Å². The maximum absolute atomic E-state index is 12.7. The van der Waals surface area contributed by atoms with E-state index in [1.807, 2.05) is 67.6 Å². The largest absolute Gasteiger partial charge is 0.497 e. The van der Waals surface area contributed by atoms with E-state index < -0.39 is 0 Å². The van der Waals surface area contributed by atoms with Crippen molar-refractivity contribution < 1.29 is 19.0 Å². The Hall–Kier alpha value is -3.53. The van der Waals surface area contributed by atoms with Gasteiger partial charge in [0.2, 0.25) is 5.78 Å². The highest BCUT2D eigenvalue weighted by molar-refractivity contribution is 6.15. The van der Waals surface area contributed by atoms with Crippen LogP contribution < -0.4 is 14.2 Å². The fraction of sp³-hybridized carbons (Fsp3) is 0.125. The summed E-state index contributed by atoms with van der Waals surface area (Å²) in [6, 6.07) is 21.0. The van der Waals surface area contributed by atoms with Gasteiger partial charge < -0.3 is 14.2 Å². The maximum atomic E-state index is 12.7. The Bertz CT molecular complexity index is 1050. The molecule has 28 heavy (non-hydrogen) atoms. The van der Waals surface area contributed by atoms with Crippen molar-refractivity contribution >= 4 is 11.9 Å². The van der Waals surface area contributed by atoms with Gasteiger partial charge in [0.15, 0.2) is 5.76 Å². The van der Waals surface area contributed by atoms with Crippen LogP contribution in [0.1, 0.15) is 27.0 Å². The number of Topliss-reactive ketones (excluding diaryl/α,β-unsaturated/α-hetero) is 1. The van der Waals surface area contributed by atoms with Crippen LogP contribution >= 0.6 is 0 Å². The molecule has 140 valence electrons. The maximum Gasteiger partial charge on any atom is 0.231 e. The monoisotopic (exact) mass is 372 g/mol. The lowest BCUT2D eigenvalue weighted by atomic mass is 10.1. The average Bonchev–Trinajstić information content (AvgIpc) is 3.05. The predicted molar refractivity (Wildman–Crippen MR) is 108 cm³/mol. The van der Waals surface area contributed by atoms with Gasteiger partial charge in [0.25, 0.3) is 0 Å². The number of fused-ring (bicyclic) bond motifs is 1. The van der Waals surface area contributed by atoms with E-state index in [0.29, 0.717) is 29.4 Å². The van der Waals surface area contributed by atoms with Gasteiger partial charge in [-0.05, 0) is 48.4 Å². The third kappa shape index (κ3) is 3.49. The molecule has 0 spiro atoms. The smallest absolute Gasteiger partial charge is 0.231 e. The number of carbonyl (C=O) groups excluding carboxylic acids is 1. The summed E-state index contributed by atoms with van der Waals surface area (Å²) in [6.07, 6.45) is 1.73. The zero-order chi connectivity index (χ0) is 19.5. The molecule has 0 unspecified atom stereocenters. The van der Waals surface area contributed by atoms with Gasteiger partial charge in [-0.25, -0.2) is 0 Å². The lowest BCUT2D eigenvalue weighted by Gasteiger charge is -2.11. The first-order chi connectivity index (χ1) is 13.7. The van der Waals surface area contributed by atoms with Gasteiger partial charge in [0, 0.05) is 5.56 Å². The molecule has 0 saturated carbocycles. The topological polar surface area (TPSA) is 44.8 Å². The lowest BCUT2D eigenvalue weighted by molar-refractivity contribution is 0.101. The van der Waals surface area contributed by atoms with Crippen LogP contribution in [0.5, 0.6) is 17.2 Å². The number of rotatable bonds is 5. The number of methoxy groups -OCH3 is 1. The molecule has 4 heteroatoms. The predicted octanol–water partition coefficient (Wildman–Crippen LogP) is 5.20. The zero-order valence-electron chi connectivity index (χ0n) is 15.8. The summed E-state index contributed by atoms with van der Waals surface area (Å²) in [6.45, 7) is 2.36. The van der Waals surface area contributed by atoms with Crippen molar-refractivity contribution in [2.24, 2.45) is 0 Å². The Morgan fingerprint density at radius 1 is 1.00 bits per heavy atom. The van der Waals surface area contributed by atoms with Crippen LogP contribution in [-0.4, -0.2) is 12.9 Å². The molecule has 1 aliphatic rings. The summed E-state index contributed by atoms with van der Waals surface area (Å²) < 4.78 is 17.1. The quantitative estimate of drug-likeness (QED) is 0.578. The van der Waals surface area contributed by atoms with Gasteiger partial charge in [0.1, 0.15) is 23.9 Å². The second-order valence-corrected chi connectivity index (χ2v) is 6.56.